The maximum Gasteiger partial charge on any atom is 0.138 e. The summed E-state index contributed by atoms with van der Waals surface area (Å²) in [5.41, 5.74) is 3.66. The van der Waals surface area contributed by atoms with E-state index in [2.05, 4.69) is 37.0 Å². The van der Waals surface area contributed by atoms with Gasteiger partial charge in [0.05, 0.1) is 6.61 Å². The molecule has 0 aliphatic heterocycles. The van der Waals surface area contributed by atoms with Gasteiger partial charge in [-0.2, -0.15) is 0 Å². The highest BCUT2D eigenvalue weighted by atomic mass is 16.3. The summed E-state index contributed by atoms with van der Waals surface area (Å²) in [4.78, 5) is 0. The number of aliphatic hydroxyl groups excluding tert-OH is 2. The van der Waals surface area contributed by atoms with Crippen LogP contribution < -0.4 is 5.73 Å². The fourth-order valence-electron chi connectivity index (χ4n) is 1.91. The molecule has 0 saturated carbocycles. The highest BCUT2D eigenvalue weighted by molar-refractivity contribution is 5.03. The Balaban J connectivity index is 3.49. The SMILES string of the molecule is CCCCCCC/C=C/C=C/CC/C=C/[C@@H](O)[C@@H]([NH3+])CO. The summed E-state index contributed by atoms with van der Waals surface area (Å²) in [6.45, 7) is 2.15. The van der Waals surface area contributed by atoms with Crippen LogP contribution >= 0.6 is 0 Å². The predicted molar refractivity (Wildman–Crippen MR) is 89.8 cm³/mol. The van der Waals surface area contributed by atoms with Gasteiger partial charge < -0.3 is 15.9 Å². The molecule has 0 bridgehead atoms. The molecule has 0 spiro atoms. The number of unbranched alkanes of at least 4 members (excludes halogenated alkanes) is 6. The number of quaternary nitrogens is 1. The Hall–Kier alpha value is -0.900. The second kappa shape index (κ2) is 15.5. The molecule has 3 nitrogen and oxygen atoms in total. The van der Waals surface area contributed by atoms with E-state index in [4.69, 9.17) is 5.11 Å². The van der Waals surface area contributed by atoms with E-state index in [1.807, 2.05) is 6.08 Å². The molecule has 21 heavy (non-hydrogen) atoms. The summed E-state index contributed by atoms with van der Waals surface area (Å²) in [7, 11) is 0. The van der Waals surface area contributed by atoms with Crippen molar-refractivity contribution in [3.8, 4) is 0 Å². The molecule has 0 heterocycles. The number of rotatable bonds is 13. The first-order chi connectivity index (χ1) is 10.2. The molecule has 0 unspecified atom stereocenters. The largest absolute Gasteiger partial charge is 0.390 e. The van der Waals surface area contributed by atoms with Gasteiger partial charge in [0.1, 0.15) is 12.1 Å². The van der Waals surface area contributed by atoms with Crippen molar-refractivity contribution >= 4 is 0 Å². The van der Waals surface area contributed by atoms with E-state index < -0.39 is 6.10 Å². The molecule has 0 aromatic heterocycles. The van der Waals surface area contributed by atoms with Gasteiger partial charge in [0, 0.05) is 0 Å². The quantitative estimate of drug-likeness (QED) is 0.278. The van der Waals surface area contributed by atoms with Crippen molar-refractivity contribution < 1.29 is 15.9 Å². The highest BCUT2D eigenvalue weighted by Crippen LogP contribution is 2.05. The van der Waals surface area contributed by atoms with Crippen molar-refractivity contribution in [1.29, 1.82) is 0 Å². The van der Waals surface area contributed by atoms with Crippen LogP contribution in [0.5, 0.6) is 0 Å². The molecular weight excluding hydrogens is 262 g/mol. The van der Waals surface area contributed by atoms with Gasteiger partial charge in [-0.25, -0.2) is 0 Å². The van der Waals surface area contributed by atoms with Gasteiger partial charge in [0.25, 0.3) is 0 Å². The van der Waals surface area contributed by atoms with E-state index in [1.54, 1.807) is 6.08 Å². The Morgan fingerprint density at radius 3 is 2.19 bits per heavy atom. The Labute approximate surface area is 130 Å². The van der Waals surface area contributed by atoms with Crippen molar-refractivity contribution in [2.45, 2.75) is 70.4 Å². The van der Waals surface area contributed by atoms with E-state index in [0.717, 1.165) is 12.8 Å². The van der Waals surface area contributed by atoms with Crippen LogP contribution in [0.3, 0.4) is 0 Å². The number of allylic oxidation sites excluding steroid dienone is 5. The lowest BCUT2D eigenvalue weighted by molar-refractivity contribution is -0.438. The molecule has 0 radical (unpaired) electrons. The van der Waals surface area contributed by atoms with Gasteiger partial charge in [-0.15, -0.1) is 0 Å². The molecule has 3 heteroatoms. The molecule has 0 saturated heterocycles. The van der Waals surface area contributed by atoms with E-state index >= 15 is 0 Å². The molecule has 0 aliphatic carbocycles. The zero-order valence-corrected chi connectivity index (χ0v) is 13.6. The monoisotopic (exact) mass is 296 g/mol. The Kier molecular flexibility index (Phi) is 14.8. The average molecular weight is 296 g/mol. The maximum absolute atomic E-state index is 9.56. The van der Waals surface area contributed by atoms with Crippen molar-refractivity contribution in [3.63, 3.8) is 0 Å². The molecule has 5 N–H and O–H groups in total. The Morgan fingerprint density at radius 2 is 1.52 bits per heavy atom. The zero-order chi connectivity index (χ0) is 15.8. The van der Waals surface area contributed by atoms with E-state index in [-0.39, 0.29) is 12.6 Å². The van der Waals surface area contributed by atoms with Crippen LogP contribution in [0.4, 0.5) is 0 Å². The van der Waals surface area contributed by atoms with Crippen LogP contribution in [0.15, 0.2) is 36.5 Å². The summed E-state index contributed by atoms with van der Waals surface area (Å²) in [6, 6.07) is -0.336. The smallest absolute Gasteiger partial charge is 0.138 e. The van der Waals surface area contributed by atoms with Crippen LogP contribution in [0, 0.1) is 0 Å². The summed E-state index contributed by atoms with van der Waals surface area (Å²) >= 11 is 0. The first-order valence-electron chi connectivity index (χ1n) is 8.32. The van der Waals surface area contributed by atoms with Crippen LogP contribution in [0.25, 0.3) is 0 Å². The fourth-order valence-corrected chi connectivity index (χ4v) is 1.91. The van der Waals surface area contributed by atoms with Crippen LogP contribution in [0.1, 0.15) is 58.3 Å². The molecule has 0 aliphatic rings. The van der Waals surface area contributed by atoms with Crippen molar-refractivity contribution in [2.24, 2.45) is 0 Å². The van der Waals surface area contributed by atoms with Gasteiger partial charge in [0.2, 0.25) is 0 Å². The molecule has 0 fully saturated rings. The van der Waals surface area contributed by atoms with E-state index in [1.165, 1.54) is 38.5 Å². The summed E-state index contributed by atoms with van der Waals surface area (Å²) in [6.07, 6.45) is 21.3. The third-order valence-corrected chi connectivity index (χ3v) is 3.41. The van der Waals surface area contributed by atoms with E-state index in [9.17, 15) is 5.11 Å². The molecule has 0 amide bonds. The maximum atomic E-state index is 9.56. The van der Waals surface area contributed by atoms with Gasteiger partial charge in [-0.1, -0.05) is 69.1 Å². The normalized spacial score (nSPS) is 15.4. The zero-order valence-electron chi connectivity index (χ0n) is 13.6. The lowest BCUT2D eigenvalue weighted by Gasteiger charge is -2.08. The summed E-state index contributed by atoms with van der Waals surface area (Å²) in [5, 5.41) is 18.4. The lowest BCUT2D eigenvalue weighted by atomic mass is 10.1. The minimum Gasteiger partial charge on any atom is -0.390 e. The molecule has 0 rings (SSSR count). The summed E-state index contributed by atoms with van der Waals surface area (Å²) < 4.78 is 0. The second-order valence-electron chi connectivity index (χ2n) is 5.50. The number of hydrogen-bond donors (Lipinski definition) is 3. The van der Waals surface area contributed by atoms with Crippen LogP contribution in [-0.4, -0.2) is 29.0 Å². The van der Waals surface area contributed by atoms with Crippen molar-refractivity contribution in [1.82, 2.24) is 0 Å². The lowest BCUT2D eigenvalue weighted by Crippen LogP contribution is -2.67. The molecule has 0 aromatic carbocycles. The standard InChI is InChI=1S/C18H33NO2/c1-2-3-4-5-6-7-8-9-10-11-12-13-14-15-18(21)17(19)16-20/h8-11,14-15,17-18,20-21H,2-7,12-13,16,19H2,1H3/p+1/b9-8+,11-10+,15-14+/t17-,18+/m0/s1. The first-order valence-corrected chi connectivity index (χ1v) is 8.32. The molecule has 2 atom stereocenters. The third-order valence-electron chi connectivity index (χ3n) is 3.41. The van der Waals surface area contributed by atoms with Gasteiger partial charge in [-0.05, 0) is 25.7 Å². The topological polar surface area (TPSA) is 68.1 Å². The molecule has 122 valence electrons. The summed E-state index contributed by atoms with van der Waals surface area (Å²) in [5.74, 6) is 0. The third kappa shape index (κ3) is 13.8. The highest BCUT2D eigenvalue weighted by Gasteiger charge is 2.12. The van der Waals surface area contributed by atoms with Crippen LogP contribution in [-0.2, 0) is 0 Å². The second-order valence-corrected chi connectivity index (χ2v) is 5.50. The minimum absolute atomic E-state index is 0.0886. The molecular formula is C18H34NO2+. The Bertz CT molecular complexity index is 298. The van der Waals surface area contributed by atoms with Crippen molar-refractivity contribution in [2.75, 3.05) is 6.61 Å². The minimum atomic E-state index is -0.647. The first kappa shape index (κ1) is 20.1. The van der Waals surface area contributed by atoms with Crippen LogP contribution in [0.2, 0.25) is 0 Å². The van der Waals surface area contributed by atoms with Gasteiger partial charge in [0.15, 0.2) is 0 Å². The molecule has 0 aromatic rings. The van der Waals surface area contributed by atoms with Gasteiger partial charge >= 0.3 is 0 Å². The number of hydrogen-bond acceptors (Lipinski definition) is 2. The van der Waals surface area contributed by atoms with Gasteiger partial charge in [-0.3, -0.25) is 0 Å². The fraction of sp³-hybridized carbons (Fsp3) is 0.667. The number of aliphatic hydroxyl groups is 2. The predicted octanol–water partition coefficient (Wildman–Crippen LogP) is 2.76. The Morgan fingerprint density at radius 1 is 0.905 bits per heavy atom. The average Bonchev–Trinajstić information content (AvgIpc) is 2.50. The van der Waals surface area contributed by atoms with Crippen molar-refractivity contribution in [3.05, 3.63) is 36.5 Å². The van der Waals surface area contributed by atoms with E-state index in [0.29, 0.717) is 0 Å².